The summed E-state index contributed by atoms with van der Waals surface area (Å²) in [4.78, 5) is 12.8. The van der Waals surface area contributed by atoms with Gasteiger partial charge in [0.25, 0.3) is 0 Å². The van der Waals surface area contributed by atoms with Gasteiger partial charge in [-0.25, -0.2) is 4.79 Å². The summed E-state index contributed by atoms with van der Waals surface area (Å²) in [6, 6.07) is 11.6. The molecule has 0 unspecified atom stereocenters. The first-order valence-corrected chi connectivity index (χ1v) is 10.7. The second-order valence-corrected chi connectivity index (χ2v) is 8.27. The van der Waals surface area contributed by atoms with E-state index in [1.807, 2.05) is 36.4 Å². The number of hydrogen-bond donors (Lipinski definition) is 2. The average Bonchev–Trinajstić information content (AvgIpc) is 3.40. The number of anilines is 1. The molecule has 9 heteroatoms. The lowest BCUT2D eigenvalue weighted by atomic mass is 9.80. The molecule has 1 atom stereocenters. The van der Waals surface area contributed by atoms with Crippen molar-refractivity contribution >= 4 is 27.7 Å². The minimum atomic E-state index is -0.442. The average molecular weight is 498 g/mol. The number of halogens is 1. The number of nitrogens with zero attached hydrogens (tertiary/aromatic N) is 1. The monoisotopic (exact) mass is 497 g/mol. The van der Waals surface area contributed by atoms with Crippen molar-refractivity contribution < 1.29 is 23.7 Å². The molecule has 8 nitrogen and oxygen atoms in total. The highest BCUT2D eigenvalue weighted by Crippen LogP contribution is 2.50. The third-order valence-electron chi connectivity index (χ3n) is 5.70. The van der Waals surface area contributed by atoms with E-state index in [4.69, 9.17) is 18.9 Å². The molecular formula is C23H20BrN3O5. The van der Waals surface area contributed by atoms with Gasteiger partial charge in [-0.2, -0.15) is 5.10 Å². The van der Waals surface area contributed by atoms with E-state index < -0.39 is 5.92 Å². The van der Waals surface area contributed by atoms with E-state index in [0.29, 0.717) is 34.3 Å². The molecule has 2 aliphatic heterocycles. The third-order valence-corrected chi connectivity index (χ3v) is 6.23. The maximum Gasteiger partial charge on any atom is 0.337 e. The molecule has 2 N–H and O–H groups in total. The molecule has 1 aromatic heterocycles. The van der Waals surface area contributed by atoms with Gasteiger partial charge >= 0.3 is 5.97 Å². The van der Waals surface area contributed by atoms with Crippen molar-refractivity contribution in [3.63, 3.8) is 0 Å². The number of carbonyl (C=O) groups is 1. The van der Waals surface area contributed by atoms with Gasteiger partial charge in [0.2, 0.25) is 5.75 Å². The largest absolute Gasteiger partial charge is 0.493 e. The zero-order chi connectivity index (χ0) is 22.4. The molecule has 0 spiro atoms. The summed E-state index contributed by atoms with van der Waals surface area (Å²) < 4.78 is 22.9. The lowest BCUT2D eigenvalue weighted by molar-refractivity contribution is -0.136. The Labute approximate surface area is 192 Å². The van der Waals surface area contributed by atoms with Crippen LogP contribution in [0.3, 0.4) is 0 Å². The van der Waals surface area contributed by atoms with E-state index >= 15 is 0 Å². The van der Waals surface area contributed by atoms with Crippen LogP contribution in [-0.4, -0.2) is 44.1 Å². The summed E-state index contributed by atoms with van der Waals surface area (Å²) in [5, 5.41) is 10.9. The van der Waals surface area contributed by atoms with Crippen LogP contribution in [0.4, 0.5) is 5.82 Å². The first-order chi connectivity index (χ1) is 15.5. The van der Waals surface area contributed by atoms with E-state index in [-0.39, 0.29) is 12.6 Å². The van der Waals surface area contributed by atoms with Crippen LogP contribution >= 0.6 is 15.9 Å². The van der Waals surface area contributed by atoms with E-state index in [0.717, 1.165) is 26.9 Å². The normalized spacial score (nSPS) is 16.8. The molecule has 0 amide bonds. The number of H-pyrrole nitrogens is 1. The Morgan fingerprint density at radius 1 is 1.06 bits per heavy atom. The first-order valence-electron chi connectivity index (χ1n) is 9.87. The number of fused-ring (bicyclic) bond motifs is 1. The molecule has 0 aliphatic carbocycles. The molecule has 0 saturated carbocycles. The summed E-state index contributed by atoms with van der Waals surface area (Å²) in [5.74, 6) is 1.34. The molecule has 2 aliphatic rings. The lowest BCUT2D eigenvalue weighted by Crippen LogP contribution is -2.20. The van der Waals surface area contributed by atoms with Crippen molar-refractivity contribution in [1.29, 1.82) is 0 Å². The van der Waals surface area contributed by atoms with Gasteiger partial charge in [0.05, 0.1) is 38.3 Å². The SMILES string of the molecule is COc1cc([C@H]2C3=C(COC3=O)Nc3n[nH]c(-c4ccc(Br)cc4)c32)cc(OC)c1OC. The van der Waals surface area contributed by atoms with Gasteiger partial charge in [-0.05, 0) is 35.4 Å². The topological polar surface area (TPSA) is 94.7 Å². The number of esters is 1. The quantitative estimate of drug-likeness (QED) is 0.509. The third kappa shape index (κ3) is 3.12. The molecule has 0 bridgehead atoms. The molecular weight excluding hydrogens is 478 g/mol. The van der Waals surface area contributed by atoms with Crippen molar-refractivity contribution in [2.24, 2.45) is 0 Å². The number of aromatic amines is 1. The Hall–Kier alpha value is -3.46. The number of carbonyl (C=O) groups excluding carboxylic acids is 1. The first kappa shape index (κ1) is 20.4. The van der Waals surface area contributed by atoms with Crippen LogP contribution in [0, 0.1) is 0 Å². The molecule has 32 heavy (non-hydrogen) atoms. The van der Waals surface area contributed by atoms with Crippen LogP contribution < -0.4 is 19.5 Å². The predicted molar refractivity (Wildman–Crippen MR) is 121 cm³/mol. The molecule has 3 heterocycles. The van der Waals surface area contributed by atoms with Gasteiger partial charge in [-0.1, -0.05) is 28.1 Å². The Kier molecular flexibility index (Phi) is 5.05. The van der Waals surface area contributed by atoms with Gasteiger partial charge < -0.3 is 24.3 Å². The van der Waals surface area contributed by atoms with Crippen LogP contribution in [0.1, 0.15) is 17.0 Å². The van der Waals surface area contributed by atoms with E-state index in [1.54, 1.807) is 21.3 Å². The van der Waals surface area contributed by atoms with Gasteiger partial charge in [0.1, 0.15) is 6.61 Å². The Morgan fingerprint density at radius 3 is 2.38 bits per heavy atom. The molecule has 5 rings (SSSR count). The lowest BCUT2D eigenvalue weighted by Gasteiger charge is -2.26. The highest BCUT2D eigenvalue weighted by Gasteiger charge is 2.42. The molecule has 0 saturated heterocycles. The van der Waals surface area contributed by atoms with Crippen molar-refractivity contribution in [2.45, 2.75) is 5.92 Å². The number of hydrogen-bond acceptors (Lipinski definition) is 7. The number of cyclic esters (lactones) is 1. The van der Waals surface area contributed by atoms with Crippen molar-refractivity contribution in [3.8, 4) is 28.5 Å². The van der Waals surface area contributed by atoms with Crippen LogP contribution in [0.15, 0.2) is 52.1 Å². The number of benzene rings is 2. The standard InChI is InChI=1S/C23H20BrN3O5/c1-29-15-8-12(9-16(30-2)21(15)31-3)17-18-14(10-32-23(18)28)25-22-19(17)20(26-27-22)11-4-6-13(24)7-5-11/h4-9,17H,10H2,1-3H3,(H2,25,26,27)/t17-/m0/s1. The Balaban J connectivity index is 1.75. The van der Waals surface area contributed by atoms with E-state index in [1.165, 1.54) is 0 Å². The number of methoxy groups -OCH3 is 3. The van der Waals surface area contributed by atoms with E-state index in [2.05, 4.69) is 31.4 Å². The molecule has 2 aromatic carbocycles. The van der Waals surface area contributed by atoms with Gasteiger partial charge in [0.15, 0.2) is 17.3 Å². The number of rotatable bonds is 5. The maximum absolute atomic E-state index is 12.8. The Morgan fingerprint density at radius 2 is 1.75 bits per heavy atom. The second-order valence-electron chi connectivity index (χ2n) is 7.35. The van der Waals surface area contributed by atoms with Crippen molar-refractivity contribution in [1.82, 2.24) is 10.2 Å². The fourth-order valence-electron chi connectivity index (χ4n) is 4.26. The fraction of sp³-hybridized carbons (Fsp3) is 0.217. The highest BCUT2D eigenvalue weighted by atomic mass is 79.9. The number of ether oxygens (including phenoxy) is 4. The summed E-state index contributed by atoms with van der Waals surface area (Å²) in [7, 11) is 4.68. The van der Waals surface area contributed by atoms with Crippen molar-refractivity contribution in [3.05, 3.63) is 63.3 Å². The van der Waals surface area contributed by atoms with Crippen LogP contribution in [0.25, 0.3) is 11.3 Å². The summed E-state index contributed by atoms with van der Waals surface area (Å²) in [6.07, 6.45) is 0. The zero-order valence-electron chi connectivity index (χ0n) is 17.6. The number of nitrogens with one attached hydrogen (secondary N) is 2. The zero-order valence-corrected chi connectivity index (χ0v) is 19.2. The van der Waals surface area contributed by atoms with Gasteiger partial charge in [-0.3, -0.25) is 5.10 Å². The minimum absolute atomic E-state index is 0.176. The predicted octanol–water partition coefficient (Wildman–Crippen LogP) is 4.23. The van der Waals surface area contributed by atoms with Crippen LogP contribution in [-0.2, 0) is 9.53 Å². The van der Waals surface area contributed by atoms with Crippen molar-refractivity contribution in [2.75, 3.05) is 33.3 Å². The summed E-state index contributed by atoms with van der Waals surface area (Å²) in [6.45, 7) is 0.176. The van der Waals surface area contributed by atoms with Gasteiger partial charge in [-0.15, -0.1) is 0 Å². The number of aromatic nitrogens is 2. The van der Waals surface area contributed by atoms with E-state index in [9.17, 15) is 4.79 Å². The molecule has 164 valence electrons. The minimum Gasteiger partial charge on any atom is -0.493 e. The Bertz CT molecular complexity index is 1220. The van der Waals surface area contributed by atoms with Crippen LogP contribution in [0.5, 0.6) is 17.2 Å². The van der Waals surface area contributed by atoms with Gasteiger partial charge in [0, 0.05) is 16.0 Å². The summed E-state index contributed by atoms with van der Waals surface area (Å²) >= 11 is 3.48. The second kappa shape index (κ2) is 7.90. The molecule has 0 fully saturated rings. The van der Waals surface area contributed by atoms with Crippen LogP contribution in [0.2, 0.25) is 0 Å². The maximum atomic E-state index is 12.8. The molecule has 0 radical (unpaired) electrons. The fourth-order valence-corrected chi connectivity index (χ4v) is 4.53. The smallest absolute Gasteiger partial charge is 0.337 e. The highest BCUT2D eigenvalue weighted by molar-refractivity contribution is 9.10. The molecule has 3 aromatic rings. The summed E-state index contributed by atoms with van der Waals surface area (Å²) in [5.41, 5.74) is 4.65.